The van der Waals surface area contributed by atoms with Gasteiger partial charge in [-0.1, -0.05) is 0 Å². The lowest BCUT2D eigenvalue weighted by Crippen LogP contribution is -2.63. The molecule has 10 heteroatoms. The Kier molecular flexibility index (Phi) is 8.60. The van der Waals surface area contributed by atoms with Gasteiger partial charge in [0.25, 0.3) is 0 Å². The topological polar surface area (TPSA) is 18.5 Å². The predicted octanol–water partition coefficient (Wildman–Crippen LogP) is 5.14. The summed E-state index contributed by atoms with van der Waals surface area (Å²) in [7, 11) is 3.04. The van der Waals surface area contributed by atoms with E-state index in [1.165, 1.54) is 14.2 Å². The van der Waals surface area contributed by atoms with Gasteiger partial charge in [0.15, 0.2) is 0 Å². The van der Waals surface area contributed by atoms with E-state index in [2.05, 4.69) is 0 Å². The molecule has 8 atom stereocenters. The Morgan fingerprint density at radius 1 is 0.417 bits per heavy atom. The fourth-order valence-electron chi connectivity index (χ4n) is 3.65. The molecule has 142 valence electrons. The lowest BCUT2D eigenvalue weighted by molar-refractivity contribution is 0.0338. The summed E-state index contributed by atoms with van der Waals surface area (Å²) < 4.78 is 10.7. The maximum Gasteiger partial charge on any atom is 0.0927 e. The second-order valence-corrected chi connectivity index (χ2v) is 10.1. The summed E-state index contributed by atoms with van der Waals surface area (Å²) in [6.07, 6.45) is -0.961. The van der Waals surface area contributed by atoms with Crippen molar-refractivity contribution in [3.8, 4) is 0 Å². The van der Waals surface area contributed by atoms with Gasteiger partial charge in [0.05, 0.1) is 55.2 Å². The number of methoxy groups -OCH3 is 2. The molecule has 2 aliphatic rings. The van der Waals surface area contributed by atoms with Crippen LogP contribution in [0.4, 0.5) is 0 Å². The molecule has 24 heavy (non-hydrogen) atoms. The predicted molar refractivity (Wildman–Crippen MR) is 106 cm³/mol. The summed E-state index contributed by atoms with van der Waals surface area (Å²) in [6.45, 7) is 0. The zero-order valence-electron chi connectivity index (χ0n) is 12.8. The minimum atomic E-state index is -0.548. The molecule has 2 aliphatic carbocycles. The molecule has 2 rings (SSSR count). The van der Waals surface area contributed by atoms with Gasteiger partial charge in [0.2, 0.25) is 0 Å². The van der Waals surface area contributed by atoms with Gasteiger partial charge in [-0.25, -0.2) is 0 Å². The second-order valence-electron chi connectivity index (χ2n) is 6.11. The first-order valence-corrected chi connectivity index (χ1v) is 10.9. The average molecular weight is 502 g/mol. The van der Waals surface area contributed by atoms with Crippen molar-refractivity contribution in [2.75, 3.05) is 14.2 Å². The summed E-state index contributed by atoms with van der Waals surface area (Å²) in [5.74, 6) is -0.759. The minimum Gasteiger partial charge on any atom is -0.378 e. The molecule has 0 radical (unpaired) electrons. The Bertz CT molecular complexity index is 360. The van der Waals surface area contributed by atoms with E-state index in [9.17, 15) is 0 Å². The van der Waals surface area contributed by atoms with E-state index >= 15 is 0 Å². The van der Waals surface area contributed by atoms with Crippen LogP contribution in [0.1, 0.15) is 0 Å². The van der Waals surface area contributed by atoms with E-state index in [4.69, 9.17) is 102 Å². The van der Waals surface area contributed by atoms with Gasteiger partial charge in [0, 0.05) is 26.1 Å². The standard InChI is InChI=1S/C14H18Cl8O2/c1-23-13-9(19)5(15)3(6(16)10(13)20)4-7(17)11(21)14(24-2)12(22)8(4)18/h3-14H,1-2H3. The number of alkyl halides is 8. The molecular formula is C14H18Cl8O2. The van der Waals surface area contributed by atoms with Crippen molar-refractivity contribution < 1.29 is 9.47 Å². The molecule has 0 aromatic heterocycles. The van der Waals surface area contributed by atoms with Crippen LogP contribution in [0.3, 0.4) is 0 Å². The van der Waals surface area contributed by atoms with E-state index < -0.39 is 55.2 Å². The number of rotatable bonds is 3. The molecule has 2 fully saturated rings. The minimum absolute atomic E-state index is 0.380. The van der Waals surface area contributed by atoms with Crippen molar-refractivity contribution >= 4 is 92.8 Å². The Hall–Kier alpha value is 2.24. The summed E-state index contributed by atoms with van der Waals surface area (Å²) >= 11 is 52.2. The zero-order valence-corrected chi connectivity index (χ0v) is 18.8. The normalized spacial score (nSPS) is 56.2. The highest BCUT2D eigenvalue weighted by Crippen LogP contribution is 2.51. The molecule has 0 saturated heterocycles. The Balaban J connectivity index is 2.34. The quantitative estimate of drug-likeness (QED) is 0.499. The fourth-order valence-corrected chi connectivity index (χ4v) is 7.53. The van der Waals surface area contributed by atoms with Crippen LogP contribution in [-0.2, 0) is 9.47 Å². The maximum absolute atomic E-state index is 6.61. The van der Waals surface area contributed by atoms with Crippen LogP contribution < -0.4 is 0 Å². The largest absolute Gasteiger partial charge is 0.378 e. The van der Waals surface area contributed by atoms with Gasteiger partial charge < -0.3 is 9.47 Å². The number of hydrogen-bond donors (Lipinski definition) is 0. The molecular weight excluding hydrogens is 484 g/mol. The molecule has 0 bridgehead atoms. The molecule has 0 heterocycles. The van der Waals surface area contributed by atoms with Gasteiger partial charge in [-0.3, -0.25) is 0 Å². The van der Waals surface area contributed by atoms with E-state index in [0.717, 1.165) is 0 Å². The molecule has 0 amide bonds. The molecule has 0 spiro atoms. The van der Waals surface area contributed by atoms with Crippen LogP contribution >= 0.6 is 92.8 Å². The summed E-state index contributed by atoms with van der Waals surface area (Å²) in [5.41, 5.74) is 0. The lowest BCUT2D eigenvalue weighted by atomic mass is 9.70. The number of halogens is 8. The SMILES string of the molecule is COC1C(Cl)C(Cl)C(C2C(Cl)C(Cl)C(OC)C(Cl)C2Cl)C(Cl)C1Cl. The van der Waals surface area contributed by atoms with Gasteiger partial charge in [-0.05, 0) is 0 Å². The van der Waals surface area contributed by atoms with E-state index in [1.54, 1.807) is 0 Å². The van der Waals surface area contributed by atoms with E-state index in [-0.39, 0.29) is 11.8 Å². The smallest absolute Gasteiger partial charge is 0.0927 e. The highest BCUT2D eigenvalue weighted by Gasteiger charge is 2.58. The fraction of sp³-hybridized carbons (Fsp3) is 1.00. The van der Waals surface area contributed by atoms with Crippen LogP contribution in [0, 0.1) is 11.8 Å². The molecule has 0 aromatic carbocycles. The van der Waals surface area contributed by atoms with Crippen molar-refractivity contribution in [2.24, 2.45) is 11.8 Å². The first kappa shape index (κ1) is 22.5. The third kappa shape index (κ3) is 3.86. The molecule has 0 N–H and O–H groups in total. The molecule has 0 aromatic rings. The average Bonchev–Trinajstić information content (AvgIpc) is 2.55. The lowest BCUT2D eigenvalue weighted by Gasteiger charge is -2.51. The summed E-state index contributed by atoms with van der Waals surface area (Å²) in [4.78, 5) is 0. The monoisotopic (exact) mass is 498 g/mol. The Morgan fingerprint density at radius 2 is 0.625 bits per heavy atom. The van der Waals surface area contributed by atoms with Crippen molar-refractivity contribution in [3.05, 3.63) is 0 Å². The summed E-state index contributed by atoms with van der Waals surface area (Å²) in [6, 6.07) is 0. The molecule has 2 nitrogen and oxygen atoms in total. The van der Waals surface area contributed by atoms with E-state index in [0.29, 0.717) is 0 Å². The van der Waals surface area contributed by atoms with Gasteiger partial charge >= 0.3 is 0 Å². The van der Waals surface area contributed by atoms with Gasteiger partial charge in [-0.2, -0.15) is 0 Å². The van der Waals surface area contributed by atoms with Gasteiger partial charge in [0.1, 0.15) is 0 Å². The highest BCUT2D eigenvalue weighted by molar-refractivity contribution is 6.37. The number of hydrogen-bond acceptors (Lipinski definition) is 2. The first-order chi connectivity index (χ1) is 11.2. The highest BCUT2D eigenvalue weighted by atomic mass is 35.5. The maximum atomic E-state index is 6.61. The third-order valence-corrected chi connectivity index (χ3v) is 9.78. The van der Waals surface area contributed by atoms with Crippen LogP contribution in [-0.4, -0.2) is 69.4 Å². The van der Waals surface area contributed by atoms with Crippen LogP contribution in [0.15, 0.2) is 0 Å². The van der Waals surface area contributed by atoms with Crippen molar-refractivity contribution in [1.29, 1.82) is 0 Å². The van der Waals surface area contributed by atoms with Crippen molar-refractivity contribution in [1.82, 2.24) is 0 Å². The van der Waals surface area contributed by atoms with E-state index in [1.807, 2.05) is 0 Å². The summed E-state index contributed by atoms with van der Waals surface area (Å²) in [5, 5.41) is -4.38. The molecule has 8 unspecified atom stereocenters. The molecule has 2 saturated carbocycles. The van der Waals surface area contributed by atoms with Crippen LogP contribution in [0.5, 0.6) is 0 Å². The molecule has 0 aliphatic heterocycles. The van der Waals surface area contributed by atoms with Crippen LogP contribution in [0.2, 0.25) is 0 Å². The van der Waals surface area contributed by atoms with Crippen molar-refractivity contribution in [3.63, 3.8) is 0 Å². The first-order valence-electron chi connectivity index (χ1n) is 7.37. The van der Waals surface area contributed by atoms with Gasteiger partial charge in [-0.15, -0.1) is 92.8 Å². The Labute approximate surface area is 182 Å². The zero-order chi connectivity index (χ0) is 18.3. The second kappa shape index (κ2) is 9.16. The number of ether oxygens (including phenoxy) is 2. The third-order valence-electron chi connectivity index (χ3n) is 4.93. The Morgan fingerprint density at radius 3 is 0.792 bits per heavy atom. The van der Waals surface area contributed by atoms with Crippen molar-refractivity contribution in [2.45, 2.75) is 55.2 Å². The van der Waals surface area contributed by atoms with Crippen LogP contribution in [0.25, 0.3) is 0 Å².